The van der Waals surface area contributed by atoms with Gasteiger partial charge in [-0.1, -0.05) is 66.2 Å². The van der Waals surface area contributed by atoms with Gasteiger partial charge >= 0.3 is 0 Å². The van der Waals surface area contributed by atoms with Crippen molar-refractivity contribution >= 4 is 33.3 Å². The Morgan fingerprint density at radius 1 is 0.806 bits per heavy atom. The Bertz CT molecular complexity index is 1450. The molecule has 1 heterocycles. The van der Waals surface area contributed by atoms with E-state index in [1.807, 2.05) is 24.3 Å². The Labute approximate surface area is 183 Å². The van der Waals surface area contributed by atoms with Gasteiger partial charge in [-0.05, 0) is 40.6 Å². The molecule has 0 bridgehead atoms. The Balaban J connectivity index is 1.40. The molecule has 152 valence electrons. The molecule has 5 aromatic rings. The Morgan fingerprint density at radius 3 is 2.52 bits per heavy atom. The fourth-order valence-electron chi connectivity index (χ4n) is 3.48. The second-order valence-electron chi connectivity index (χ2n) is 7.05. The molecule has 4 nitrogen and oxygen atoms in total. The van der Waals surface area contributed by atoms with Crippen molar-refractivity contribution in [3.05, 3.63) is 112 Å². The molecule has 31 heavy (non-hydrogen) atoms. The van der Waals surface area contributed by atoms with Crippen molar-refractivity contribution in [3.63, 3.8) is 0 Å². The van der Waals surface area contributed by atoms with Gasteiger partial charge in [0.25, 0.3) is 0 Å². The van der Waals surface area contributed by atoms with E-state index in [4.69, 9.17) is 25.5 Å². The molecule has 0 aliphatic rings. The van der Waals surface area contributed by atoms with Crippen LogP contribution in [0.4, 0.5) is 0 Å². The first-order chi connectivity index (χ1) is 15.2. The number of fused-ring (bicyclic) bond motifs is 2. The third-order valence-electron chi connectivity index (χ3n) is 5.05. The van der Waals surface area contributed by atoms with Crippen LogP contribution in [0.25, 0.3) is 21.7 Å². The number of rotatable bonds is 5. The average Bonchev–Trinajstić information content (AvgIpc) is 2.81. The molecular formula is C26H17ClO4. The molecule has 4 aromatic carbocycles. The fraction of sp³-hybridized carbons (Fsp3) is 0.0385. The molecule has 0 saturated heterocycles. The van der Waals surface area contributed by atoms with Crippen LogP contribution in [0.5, 0.6) is 17.2 Å². The number of benzene rings is 4. The smallest absolute Gasteiger partial charge is 0.235 e. The molecule has 0 radical (unpaired) electrons. The zero-order valence-corrected chi connectivity index (χ0v) is 17.1. The highest BCUT2D eigenvalue weighted by molar-refractivity contribution is 6.32. The van der Waals surface area contributed by atoms with E-state index in [2.05, 4.69) is 18.2 Å². The molecule has 5 rings (SSSR count). The van der Waals surface area contributed by atoms with Gasteiger partial charge in [-0.15, -0.1) is 0 Å². The van der Waals surface area contributed by atoms with Crippen LogP contribution in [-0.4, -0.2) is 0 Å². The maximum absolute atomic E-state index is 12.8. The van der Waals surface area contributed by atoms with Gasteiger partial charge in [0, 0.05) is 6.07 Å². The number of para-hydroxylation sites is 1. The maximum Gasteiger partial charge on any atom is 0.235 e. The quantitative estimate of drug-likeness (QED) is 0.303. The van der Waals surface area contributed by atoms with Gasteiger partial charge in [-0.3, -0.25) is 4.79 Å². The van der Waals surface area contributed by atoms with Gasteiger partial charge < -0.3 is 13.9 Å². The van der Waals surface area contributed by atoms with Crippen LogP contribution in [-0.2, 0) is 6.61 Å². The van der Waals surface area contributed by atoms with Crippen LogP contribution >= 0.6 is 11.6 Å². The molecule has 0 spiro atoms. The number of hydrogen-bond donors (Lipinski definition) is 0. The van der Waals surface area contributed by atoms with E-state index in [9.17, 15) is 4.79 Å². The van der Waals surface area contributed by atoms with E-state index < -0.39 is 0 Å². The fourth-order valence-corrected chi connectivity index (χ4v) is 3.65. The second-order valence-corrected chi connectivity index (χ2v) is 7.45. The molecule has 5 heteroatoms. The highest BCUT2D eigenvalue weighted by Crippen LogP contribution is 2.29. The largest absolute Gasteiger partial charge is 0.489 e. The summed E-state index contributed by atoms with van der Waals surface area (Å²) < 4.78 is 17.3. The third kappa shape index (κ3) is 3.86. The van der Waals surface area contributed by atoms with Gasteiger partial charge in [0.05, 0.1) is 10.4 Å². The van der Waals surface area contributed by atoms with E-state index in [0.717, 1.165) is 10.9 Å². The minimum absolute atomic E-state index is 0.0741. The van der Waals surface area contributed by atoms with Crippen LogP contribution in [0.15, 0.2) is 100 Å². The monoisotopic (exact) mass is 428 g/mol. The van der Waals surface area contributed by atoms with Gasteiger partial charge in [0.2, 0.25) is 11.2 Å². The molecule has 0 saturated carbocycles. The highest BCUT2D eigenvalue weighted by atomic mass is 35.5. The first-order valence-electron chi connectivity index (χ1n) is 9.76. The summed E-state index contributed by atoms with van der Waals surface area (Å²) in [5, 5.41) is 3.14. The minimum Gasteiger partial charge on any atom is -0.489 e. The molecule has 0 atom stereocenters. The normalized spacial score (nSPS) is 11.0. The van der Waals surface area contributed by atoms with Crippen molar-refractivity contribution in [2.75, 3.05) is 0 Å². The molecule has 1 aromatic heterocycles. The Kier molecular flexibility index (Phi) is 5.06. The summed E-state index contributed by atoms with van der Waals surface area (Å²) in [6, 6.07) is 26.4. The molecular weight excluding hydrogens is 412 g/mol. The van der Waals surface area contributed by atoms with E-state index in [-0.39, 0.29) is 11.2 Å². The predicted molar refractivity (Wildman–Crippen MR) is 122 cm³/mol. The molecule has 0 unspecified atom stereocenters. The van der Waals surface area contributed by atoms with Crippen LogP contribution in [0.2, 0.25) is 5.02 Å². The summed E-state index contributed by atoms with van der Waals surface area (Å²) in [6.07, 6.45) is 1.29. The van der Waals surface area contributed by atoms with Crippen molar-refractivity contribution in [1.82, 2.24) is 0 Å². The summed E-state index contributed by atoms with van der Waals surface area (Å²) in [6.45, 7) is 0.408. The molecule has 0 amide bonds. The van der Waals surface area contributed by atoms with E-state index >= 15 is 0 Å². The van der Waals surface area contributed by atoms with Crippen LogP contribution in [0, 0.1) is 0 Å². The maximum atomic E-state index is 12.8. The van der Waals surface area contributed by atoms with Crippen molar-refractivity contribution in [1.29, 1.82) is 0 Å². The summed E-state index contributed by atoms with van der Waals surface area (Å²) in [5.74, 6) is 1.08. The predicted octanol–water partition coefficient (Wildman–Crippen LogP) is 6.97. The zero-order valence-electron chi connectivity index (χ0n) is 16.4. The zero-order chi connectivity index (χ0) is 21.2. The summed E-state index contributed by atoms with van der Waals surface area (Å²) >= 11 is 6.11. The van der Waals surface area contributed by atoms with Gasteiger partial charge in [-0.2, -0.15) is 0 Å². The van der Waals surface area contributed by atoms with Crippen LogP contribution < -0.4 is 14.9 Å². The van der Waals surface area contributed by atoms with E-state index in [1.54, 1.807) is 42.5 Å². The standard InChI is InChI=1S/C26H17ClO4/c27-22-10-3-4-11-23(22)31-25-16-30-24-14-19(12-13-21(24)26(25)28)29-15-18-8-5-7-17-6-1-2-9-20(17)18/h1-14,16H,15H2. The second kappa shape index (κ2) is 8.17. The number of hydrogen-bond acceptors (Lipinski definition) is 4. The lowest BCUT2D eigenvalue weighted by Crippen LogP contribution is -2.05. The topological polar surface area (TPSA) is 48.7 Å². The number of ether oxygens (including phenoxy) is 2. The van der Waals surface area contributed by atoms with Gasteiger partial charge in [0.1, 0.15) is 30.0 Å². The first kappa shape index (κ1) is 19.2. The lowest BCUT2D eigenvalue weighted by molar-refractivity contribution is 0.307. The SMILES string of the molecule is O=c1c(Oc2ccccc2Cl)coc2cc(OCc3cccc4ccccc34)ccc12. The molecule has 0 N–H and O–H groups in total. The highest BCUT2D eigenvalue weighted by Gasteiger charge is 2.12. The summed E-state index contributed by atoms with van der Waals surface area (Å²) in [7, 11) is 0. The Hall–Kier alpha value is -3.76. The molecule has 0 fully saturated rings. The molecule has 0 aliphatic heterocycles. The van der Waals surface area contributed by atoms with E-state index in [1.165, 1.54) is 11.6 Å². The molecule has 0 aliphatic carbocycles. The van der Waals surface area contributed by atoms with Crippen molar-refractivity contribution < 1.29 is 13.9 Å². The first-order valence-corrected chi connectivity index (χ1v) is 10.1. The lowest BCUT2D eigenvalue weighted by atomic mass is 10.1. The van der Waals surface area contributed by atoms with Crippen molar-refractivity contribution in [2.45, 2.75) is 6.61 Å². The average molecular weight is 429 g/mol. The van der Waals surface area contributed by atoms with E-state index in [0.29, 0.717) is 34.1 Å². The minimum atomic E-state index is -0.276. The summed E-state index contributed by atoms with van der Waals surface area (Å²) in [4.78, 5) is 12.8. The van der Waals surface area contributed by atoms with Gasteiger partial charge in [-0.25, -0.2) is 0 Å². The van der Waals surface area contributed by atoms with Crippen LogP contribution in [0.3, 0.4) is 0 Å². The van der Waals surface area contributed by atoms with Crippen molar-refractivity contribution in [3.8, 4) is 17.2 Å². The third-order valence-corrected chi connectivity index (χ3v) is 5.36. The number of halogens is 1. The van der Waals surface area contributed by atoms with Gasteiger partial charge in [0.15, 0.2) is 0 Å². The lowest BCUT2D eigenvalue weighted by Gasteiger charge is -2.10. The van der Waals surface area contributed by atoms with Crippen molar-refractivity contribution in [2.24, 2.45) is 0 Å². The Morgan fingerprint density at radius 2 is 1.61 bits per heavy atom. The summed E-state index contributed by atoms with van der Waals surface area (Å²) in [5.41, 5.74) is 1.23. The van der Waals surface area contributed by atoms with Crippen LogP contribution in [0.1, 0.15) is 5.56 Å².